The van der Waals surface area contributed by atoms with Gasteiger partial charge in [-0.15, -0.1) is 6.42 Å². The fraction of sp³-hybridized carbons (Fsp3) is 0.368. The molecule has 0 saturated heterocycles. The SMILES string of the molecule is C#CCOC/C=C/C(=C/CCCC)S(=O)(=O)c1ccc(C)cc1. The molecule has 4 heteroatoms. The molecule has 0 N–H and O–H groups in total. The Bertz CT molecular complexity index is 674. The molecular formula is C19H24O3S. The summed E-state index contributed by atoms with van der Waals surface area (Å²) < 4.78 is 30.7. The van der Waals surface area contributed by atoms with Crippen LogP contribution in [0.25, 0.3) is 0 Å². The van der Waals surface area contributed by atoms with Gasteiger partial charge in [0.15, 0.2) is 0 Å². The van der Waals surface area contributed by atoms with Crippen LogP contribution in [0.1, 0.15) is 31.7 Å². The molecule has 0 aliphatic rings. The van der Waals surface area contributed by atoms with Gasteiger partial charge in [0, 0.05) is 0 Å². The standard InChI is InChI=1S/C19H24O3S/c1-4-6-7-9-18(10-8-16-22-15-5-2)23(20,21)19-13-11-17(3)12-14-19/h2,8-14H,4,6-7,15-16H2,1,3H3/b10-8+,18-9-. The van der Waals surface area contributed by atoms with Crippen molar-refractivity contribution in [3.63, 3.8) is 0 Å². The zero-order chi connectivity index (χ0) is 17.1. The van der Waals surface area contributed by atoms with Crippen molar-refractivity contribution in [1.29, 1.82) is 0 Å². The van der Waals surface area contributed by atoms with Crippen molar-refractivity contribution in [3.05, 3.63) is 53.0 Å². The summed E-state index contributed by atoms with van der Waals surface area (Å²) in [4.78, 5) is 0.610. The summed E-state index contributed by atoms with van der Waals surface area (Å²) >= 11 is 0. The molecule has 0 heterocycles. The van der Waals surface area contributed by atoms with E-state index in [0.29, 0.717) is 16.4 Å². The summed E-state index contributed by atoms with van der Waals surface area (Å²) in [6.45, 7) is 4.51. The number of sulfone groups is 1. The highest BCUT2D eigenvalue weighted by atomic mass is 32.2. The maximum absolute atomic E-state index is 12.8. The van der Waals surface area contributed by atoms with Crippen molar-refractivity contribution in [3.8, 4) is 12.3 Å². The maximum Gasteiger partial charge on any atom is 0.206 e. The lowest BCUT2D eigenvalue weighted by atomic mass is 10.2. The monoisotopic (exact) mass is 332 g/mol. The minimum atomic E-state index is -3.51. The first-order valence-corrected chi connectivity index (χ1v) is 9.20. The van der Waals surface area contributed by atoms with Crippen LogP contribution in [0.5, 0.6) is 0 Å². The van der Waals surface area contributed by atoms with Crippen molar-refractivity contribution in [2.45, 2.75) is 38.0 Å². The van der Waals surface area contributed by atoms with Crippen LogP contribution in [-0.2, 0) is 14.6 Å². The van der Waals surface area contributed by atoms with Crippen LogP contribution in [0.4, 0.5) is 0 Å². The van der Waals surface area contributed by atoms with E-state index >= 15 is 0 Å². The zero-order valence-electron chi connectivity index (χ0n) is 13.8. The highest BCUT2D eigenvalue weighted by molar-refractivity contribution is 7.95. The first-order valence-electron chi connectivity index (χ1n) is 7.72. The van der Waals surface area contributed by atoms with Crippen LogP contribution in [0.3, 0.4) is 0 Å². The quantitative estimate of drug-likeness (QED) is 0.389. The number of benzene rings is 1. The molecule has 124 valence electrons. The van der Waals surface area contributed by atoms with E-state index in [1.807, 2.05) is 6.92 Å². The van der Waals surface area contributed by atoms with E-state index in [1.165, 1.54) is 0 Å². The Labute approximate surface area is 140 Å². The number of aryl methyl sites for hydroxylation is 1. The highest BCUT2D eigenvalue weighted by Crippen LogP contribution is 2.21. The van der Waals surface area contributed by atoms with Gasteiger partial charge in [0.2, 0.25) is 9.84 Å². The fourth-order valence-electron chi connectivity index (χ4n) is 1.92. The summed E-state index contributed by atoms with van der Waals surface area (Å²) in [5.41, 5.74) is 1.03. The average Bonchev–Trinajstić information content (AvgIpc) is 2.53. The van der Waals surface area contributed by atoms with Crippen LogP contribution >= 0.6 is 0 Å². The second-order valence-electron chi connectivity index (χ2n) is 5.19. The minimum Gasteiger partial charge on any atom is -0.365 e. The van der Waals surface area contributed by atoms with E-state index in [-0.39, 0.29) is 6.61 Å². The second kappa shape index (κ2) is 10.0. The predicted molar refractivity (Wildman–Crippen MR) is 94.8 cm³/mol. The number of ether oxygens (including phenoxy) is 1. The van der Waals surface area contributed by atoms with Gasteiger partial charge in [0.1, 0.15) is 6.61 Å². The van der Waals surface area contributed by atoms with E-state index < -0.39 is 9.84 Å². The van der Waals surface area contributed by atoms with Gasteiger partial charge in [-0.05, 0) is 31.6 Å². The van der Waals surface area contributed by atoms with Gasteiger partial charge >= 0.3 is 0 Å². The molecule has 0 unspecified atom stereocenters. The molecule has 1 rings (SSSR count). The molecule has 0 spiro atoms. The van der Waals surface area contributed by atoms with Crippen LogP contribution in [0.15, 0.2) is 52.3 Å². The number of unbranched alkanes of at least 4 members (excludes halogenated alkanes) is 2. The minimum absolute atomic E-state index is 0.212. The van der Waals surface area contributed by atoms with E-state index in [0.717, 1.165) is 24.8 Å². The van der Waals surface area contributed by atoms with Crippen LogP contribution < -0.4 is 0 Å². The molecule has 0 amide bonds. The normalized spacial score (nSPS) is 12.5. The molecule has 1 aromatic carbocycles. The summed E-state index contributed by atoms with van der Waals surface area (Å²) in [6.07, 6.45) is 12.9. The number of terminal acetylenes is 1. The number of hydrogen-bond donors (Lipinski definition) is 0. The second-order valence-corrected chi connectivity index (χ2v) is 7.14. The number of hydrogen-bond acceptors (Lipinski definition) is 3. The lowest BCUT2D eigenvalue weighted by Gasteiger charge is -2.07. The van der Waals surface area contributed by atoms with Gasteiger partial charge in [-0.3, -0.25) is 0 Å². The number of rotatable bonds is 9. The Morgan fingerprint density at radius 3 is 2.61 bits per heavy atom. The summed E-state index contributed by atoms with van der Waals surface area (Å²) in [5.74, 6) is 2.37. The van der Waals surface area contributed by atoms with Crippen molar-refractivity contribution < 1.29 is 13.2 Å². The smallest absolute Gasteiger partial charge is 0.206 e. The van der Waals surface area contributed by atoms with Crippen molar-refractivity contribution in [1.82, 2.24) is 0 Å². The molecule has 0 bridgehead atoms. The van der Waals surface area contributed by atoms with Gasteiger partial charge in [0.25, 0.3) is 0 Å². The molecule has 0 atom stereocenters. The van der Waals surface area contributed by atoms with Crippen LogP contribution in [0, 0.1) is 19.3 Å². The summed E-state index contributed by atoms with van der Waals surface area (Å²) in [5, 5.41) is 0. The zero-order valence-corrected chi connectivity index (χ0v) is 14.6. The summed E-state index contributed by atoms with van der Waals surface area (Å²) in [6, 6.07) is 6.88. The van der Waals surface area contributed by atoms with Crippen molar-refractivity contribution in [2.75, 3.05) is 13.2 Å². The van der Waals surface area contributed by atoms with Gasteiger partial charge in [-0.1, -0.05) is 55.5 Å². The third-order valence-electron chi connectivity index (χ3n) is 3.23. The number of allylic oxidation sites excluding steroid dienone is 2. The molecule has 23 heavy (non-hydrogen) atoms. The fourth-order valence-corrected chi connectivity index (χ4v) is 3.30. The van der Waals surface area contributed by atoms with Crippen molar-refractivity contribution in [2.24, 2.45) is 0 Å². The van der Waals surface area contributed by atoms with Crippen LogP contribution in [0.2, 0.25) is 0 Å². The largest absolute Gasteiger partial charge is 0.365 e. The molecule has 0 radical (unpaired) electrons. The molecule has 0 saturated carbocycles. The first-order chi connectivity index (χ1) is 11.0. The molecule has 1 aromatic rings. The molecule has 0 aliphatic carbocycles. The van der Waals surface area contributed by atoms with Crippen LogP contribution in [-0.4, -0.2) is 21.6 Å². The molecule has 0 aliphatic heterocycles. The Balaban J connectivity index is 3.00. The molecule has 0 fully saturated rings. The van der Waals surface area contributed by atoms with Gasteiger partial charge in [0.05, 0.1) is 16.4 Å². The third-order valence-corrected chi connectivity index (χ3v) is 5.04. The maximum atomic E-state index is 12.8. The lowest BCUT2D eigenvalue weighted by molar-refractivity contribution is 0.199. The lowest BCUT2D eigenvalue weighted by Crippen LogP contribution is -2.04. The van der Waals surface area contributed by atoms with E-state index in [4.69, 9.17) is 11.2 Å². The van der Waals surface area contributed by atoms with Gasteiger partial charge in [-0.25, -0.2) is 8.42 Å². The Kier molecular flexibility index (Phi) is 8.39. The van der Waals surface area contributed by atoms with E-state index in [9.17, 15) is 8.42 Å². The van der Waals surface area contributed by atoms with Gasteiger partial charge < -0.3 is 4.74 Å². The van der Waals surface area contributed by atoms with Crippen molar-refractivity contribution >= 4 is 9.84 Å². The Morgan fingerprint density at radius 1 is 1.30 bits per heavy atom. The Morgan fingerprint density at radius 2 is 2.00 bits per heavy atom. The third kappa shape index (κ3) is 6.43. The Hall–Kier alpha value is -1.83. The predicted octanol–water partition coefficient (Wildman–Crippen LogP) is 4.05. The highest BCUT2D eigenvalue weighted by Gasteiger charge is 2.18. The molecular weight excluding hydrogens is 308 g/mol. The topological polar surface area (TPSA) is 43.4 Å². The van der Waals surface area contributed by atoms with E-state index in [2.05, 4.69) is 12.8 Å². The summed E-state index contributed by atoms with van der Waals surface area (Å²) in [7, 11) is -3.51. The first kappa shape index (κ1) is 19.2. The molecule has 0 aromatic heterocycles. The molecule has 3 nitrogen and oxygen atoms in total. The van der Waals surface area contributed by atoms with E-state index in [1.54, 1.807) is 42.5 Å². The van der Waals surface area contributed by atoms with Gasteiger partial charge in [-0.2, -0.15) is 0 Å². The average molecular weight is 332 g/mol.